The van der Waals surface area contributed by atoms with Crippen molar-refractivity contribution in [2.24, 2.45) is 0 Å². The number of hydrogen-bond donors (Lipinski definition) is 0. The minimum atomic E-state index is -0.299. The minimum Gasteiger partial charge on any atom is -0.493 e. The van der Waals surface area contributed by atoms with Gasteiger partial charge in [0.15, 0.2) is 11.5 Å². The van der Waals surface area contributed by atoms with Crippen LogP contribution in [0.25, 0.3) is 21.9 Å². The number of methoxy groups -OCH3 is 2. The number of benzene rings is 3. The lowest BCUT2D eigenvalue weighted by Crippen LogP contribution is -2.23. The lowest BCUT2D eigenvalue weighted by Gasteiger charge is -2.11. The molecule has 7 heteroatoms. The lowest BCUT2D eigenvalue weighted by molar-refractivity contribution is 0.354. The van der Waals surface area contributed by atoms with E-state index in [1.54, 1.807) is 43.3 Å². The Kier molecular flexibility index (Phi) is 5.99. The third-order valence-corrected chi connectivity index (χ3v) is 6.36. The molecule has 0 saturated heterocycles. The Hall–Kier alpha value is -4.13. The van der Waals surface area contributed by atoms with E-state index in [2.05, 4.69) is 4.98 Å². The number of ether oxygens (including phenoxy) is 2. The monoisotopic (exact) mass is 471 g/mol. The lowest BCUT2D eigenvalue weighted by atomic mass is 10.1. The highest BCUT2D eigenvalue weighted by Crippen LogP contribution is 2.29. The molecule has 2 aromatic heterocycles. The van der Waals surface area contributed by atoms with E-state index in [9.17, 15) is 9.18 Å². The predicted octanol–water partition coefficient (Wildman–Crippen LogP) is 5.11. The molecule has 0 aliphatic carbocycles. The number of halogens is 1. The molecule has 6 nitrogen and oxygen atoms in total. The van der Waals surface area contributed by atoms with Crippen LogP contribution in [-0.4, -0.2) is 28.3 Å². The van der Waals surface area contributed by atoms with Crippen LogP contribution in [0.2, 0.25) is 0 Å². The van der Waals surface area contributed by atoms with Crippen LogP contribution >= 0.6 is 0 Å². The molecule has 0 spiro atoms. The van der Waals surface area contributed by atoms with Gasteiger partial charge in [0.25, 0.3) is 5.56 Å². The number of rotatable bonds is 7. The molecule has 178 valence electrons. The molecule has 0 radical (unpaired) electrons. The molecule has 35 heavy (non-hydrogen) atoms. The molecule has 5 rings (SSSR count). The Bertz CT molecular complexity index is 1600. The van der Waals surface area contributed by atoms with Crippen molar-refractivity contribution < 1.29 is 13.9 Å². The Morgan fingerprint density at radius 2 is 1.77 bits per heavy atom. The average Bonchev–Trinajstić information content (AvgIpc) is 3.18. The second kappa shape index (κ2) is 9.25. The van der Waals surface area contributed by atoms with E-state index >= 15 is 0 Å². The van der Waals surface area contributed by atoms with E-state index in [4.69, 9.17) is 9.47 Å². The largest absolute Gasteiger partial charge is 0.493 e. The van der Waals surface area contributed by atoms with E-state index in [0.717, 1.165) is 22.0 Å². The molecule has 0 saturated carbocycles. The summed E-state index contributed by atoms with van der Waals surface area (Å²) >= 11 is 0. The summed E-state index contributed by atoms with van der Waals surface area (Å²) in [6, 6.07) is 18.4. The summed E-state index contributed by atoms with van der Waals surface area (Å²) < 4.78 is 28.7. The molecule has 0 bridgehead atoms. The fraction of sp³-hybridized carbons (Fsp3) is 0.214. The minimum absolute atomic E-state index is 0.152. The smallest absolute Gasteiger partial charge is 0.277 e. The molecular formula is C28H26FN3O3. The van der Waals surface area contributed by atoms with Crippen molar-refractivity contribution in [3.8, 4) is 11.5 Å². The summed E-state index contributed by atoms with van der Waals surface area (Å²) in [5, 5.41) is 0.889. The normalized spacial score (nSPS) is 11.3. The number of aromatic nitrogens is 3. The third kappa shape index (κ3) is 4.14. The Morgan fingerprint density at radius 3 is 2.54 bits per heavy atom. The van der Waals surface area contributed by atoms with E-state index in [1.807, 2.05) is 47.9 Å². The molecule has 0 fully saturated rings. The Morgan fingerprint density at radius 1 is 0.971 bits per heavy atom. The highest BCUT2D eigenvalue weighted by Gasteiger charge is 2.18. The first-order valence-corrected chi connectivity index (χ1v) is 11.4. The second-order valence-electron chi connectivity index (χ2n) is 8.58. The first kappa shape index (κ1) is 22.7. The molecule has 5 aromatic rings. The highest BCUT2D eigenvalue weighted by atomic mass is 19.1. The van der Waals surface area contributed by atoms with Crippen molar-refractivity contribution in [1.29, 1.82) is 0 Å². The Balaban J connectivity index is 1.59. The van der Waals surface area contributed by atoms with Gasteiger partial charge in [-0.1, -0.05) is 35.9 Å². The zero-order chi connectivity index (χ0) is 24.5. The van der Waals surface area contributed by atoms with Crippen molar-refractivity contribution >= 4 is 21.9 Å². The predicted molar refractivity (Wildman–Crippen MR) is 135 cm³/mol. The van der Waals surface area contributed by atoms with Gasteiger partial charge in [-0.3, -0.25) is 9.36 Å². The summed E-state index contributed by atoms with van der Waals surface area (Å²) in [4.78, 5) is 18.4. The van der Waals surface area contributed by atoms with Crippen molar-refractivity contribution in [3.63, 3.8) is 0 Å². The molecule has 0 atom stereocenters. The third-order valence-electron chi connectivity index (χ3n) is 6.36. The van der Waals surface area contributed by atoms with Crippen LogP contribution in [0.15, 0.2) is 71.8 Å². The van der Waals surface area contributed by atoms with Crippen LogP contribution in [0.4, 0.5) is 4.39 Å². The van der Waals surface area contributed by atoms with Gasteiger partial charge < -0.3 is 14.0 Å². The maximum Gasteiger partial charge on any atom is 0.277 e. The SMILES string of the molecule is COc1ccc(CCn2cnc3c4cc(C)ccc4n(Cc4ccccc4F)c3c2=O)cc1OC. The van der Waals surface area contributed by atoms with Crippen molar-refractivity contribution in [3.05, 3.63) is 99.9 Å². The molecule has 0 aliphatic rings. The second-order valence-corrected chi connectivity index (χ2v) is 8.58. The van der Waals surface area contributed by atoms with Crippen LogP contribution in [0, 0.1) is 12.7 Å². The molecule has 2 heterocycles. The molecular weight excluding hydrogens is 445 g/mol. The molecule has 0 amide bonds. The van der Waals surface area contributed by atoms with E-state index in [0.29, 0.717) is 41.1 Å². The fourth-order valence-electron chi connectivity index (χ4n) is 4.52. The maximum atomic E-state index is 14.5. The van der Waals surface area contributed by atoms with E-state index in [-0.39, 0.29) is 17.9 Å². The quantitative estimate of drug-likeness (QED) is 0.331. The van der Waals surface area contributed by atoms with Gasteiger partial charge in [-0.15, -0.1) is 0 Å². The standard InChI is InChI=1S/C28H26FN3O3/c1-18-8-10-23-21(14-18)26-27(32(23)16-20-6-4-5-7-22(20)29)28(33)31(17-30-26)13-12-19-9-11-24(34-2)25(15-19)35-3/h4-11,14-15,17H,12-13,16H2,1-3H3. The zero-order valence-electron chi connectivity index (χ0n) is 19.9. The first-order valence-electron chi connectivity index (χ1n) is 11.4. The van der Waals surface area contributed by atoms with Gasteiger partial charge in [0.2, 0.25) is 0 Å². The van der Waals surface area contributed by atoms with Crippen LogP contribution in [0.5, 0.6) is 11.5 Å². The summed E-state index contributed by atoms with van der Waals surface area (Å²) in [5.41, 5.74) is 4.42. The van der Waals surface area contributed by atoms with Gasteiger partial charge >= 0.3 is 0 Å². The number of fused-ring (bicyclic) bond motifs is 3. The van der Waals surface area contributed by atoms with Crippen LogP contribution in [0.1, 0.15) is 16.7 Å². The zero-order valence-corrected chi connectivity index (χ0v) is 19.9. The summed E-state index contributed by atoms with van der Waals surface area (Å²) in [5.74, 6) is 1.00. The van der Waals surface area contributed by atoms with Crippen molar-refractivity contribution in [2.45, 2.75) is 26.4 Å². The molecule has 0 N–H and O–H groups in total. The van der Waals surface area contributed by atoms with Gasteiger partial charge in [-0.25, -0.2) is 9.37 Å². The molecule has 0 aliphatic heterocycles. The van der Waals surface area contributed by atoms with E-state index in [1.165, 1.54) is 6.07 Å². The van der Waals surface area contributed by atoms with Gasteiger partial charge in [-0.2, -0.15) is 0 Å². The Labute approximate surface area is 202 Å². The first-order chi connectivity index (χ1) is 17.0. The highest BCUT2D eigenvalue weighted by molar-refractivity contribution is 6.05. The fourth-order valence-corrected chi connectivity index (χ4v) is 4.52. The maximum absolute atomic E-state index is 14.5. The average molecular weight is 472 g/mol. The van der Waals surface area contributed by atoms with E-state index < -0.39 is 0 Å². The van der Waals surface area contributed by atoms with Crippen LogP contribution in [0.3, 0.4) is 0 Å². The van der Waals surface area contributed by atoms with Crippen LogP contribution in [-0.2, 0) is 19.5 Å². The van der Waals surface area contributed by atoms with Crippen molar-refractivity contribution in [2.75, 3.05) is 14.2 Å². The topological polar surface area (TPSA) is 58.3 Å². The van der Waals surface area contributed by atoms with Gasteiger partial charge in [0.1, 0.15) is 16.9 Å². The number of aryl methyl sites for hydroxylation is 3. The summed E-state index contributed by atoms with van der Waals surface area (Å²) in [7, 11) is 3.19. The van der Waals surface area contributed by atoms with Gasteiger partial charge in [-0.05, 0) is 49.2 Å². The number of nitrogens with zero attached hydrogens (tertiary/aromatic N) is 3. The molecule has 3 aromatic carbocycles. The van der Waals surface area contributed by atoms with Crippen LogP contribution < -0.4 is 15.0 Å². The van der Waals surface area contributed by atoms with Crippen molar-refractivity contribution in [1.82, 2.24) is 14.1 Å². The van der Waals surface area contributed by atoms with Gasteiger partial charge in [0.05, 0.1) is 32.6 Å². The summed E-state index contributed by atoms with van der Waals surface area (Å²) in [6.45, 7) is 2.69. The number of hydrogen-bond acceptors (Lipinski definition) is 4. The van der Waals surface area contributed by atoms with Gasteiger partial charge in [0, 0.05) is 17.5 Å². The summed E-state index contributed by atoms with van der Waals surface area (Å²) in [6.07, 6.45) is 2.21. The molecule has 0 unspecified atom stereocenters.